The minimum atomic E-state index is -2.65. The van der Waals surface area contributed by atoms with Gasteiger partial charge in [-0.1, -0.05) is 0 Å². The van der Waals surface area contributed by atoms with Crippen LogP contribution in [0, 0.1) is 17.8 Å². The van der Waals surface area contributed by atoms with Crippen LogP contribution in [0.1, 0.15) is 24.8 Å². The van der Waals surface area contributed by atoms with Gasteiger partial charge in [0, 0.05) is 56.8 Å². The van der Waals surface area contributed by atoms with Crippen molar-refractivity contribution >= 4 is 5.91 Å². The Morgan fingerprint density at radius 1 is 1.31 bits per heavy atom. The Morgan fingerprint density at radius 3 is 2.81 bits per heavy atom. The van der Waals surface area contributed by atoms with Gasteiger partial charge in [0.05, 0.1) is 19.3 Å². The lowest BCUT2D eigenvalue weighted by molar-refractivity contribution is -0.159. The third-order valence-electron chi connectivity index (χ3n) is 5.84. The van der Waals surface area contributed by atoms with Crippen LogP contribution in [0.5, 0.6) is 0 Å². The van der Waals surface area contributed by atoms with Gasteiger partial charge in [0.1, 0.15) is 0 Å². The largest absolute Gasteiger partial charge is 0.377 e. The molecule has 1 aliphatic carbocycles. The zero-order valence-electron chi connectivity index (χ0n) is 14.7. The average Bonchev–Trinajstić information content (AvgIpc) is 3.18. The molecule has 1 aromatic rings. The predicted molar refractivity (Wildman–Crippen MR) is 89.5 cm³/mol. The van der Waals surface area contributed by atoms with Crippen molar-refractivity contribution in [3.63, 3.8) is 0 Å². The summed E-state index contributed by atoms with van der Waals surface area (Å²) in [7, 11) is 0. The number of likely N-dealkylation sites (tertiary alicyclic amines) is 1. The lowest BCUT2D eigenvalue weighted by Crippen LogP contribution is -2.46. The van der Waals surface area contributed by atoms with E-state index in [0.717, 1.165) is 12.0 Å². The summed E-state index contributed by atoms with van der Waals surface area (Å²) in [5.74, 6) is -2.63. The fraction of sp³-hybridized carbons (Fsp3) is 0.684. The van der Waals surface area contributed by atoms with Crippen molar-refractivity contribution in [3.8, 4) is 0 Å². The smallest absolute Gasteiger partial charge is 0.249 e. The van der Waals surface area contributed by atoms with Crippen molar-refractivity contribution in [3.05, 3.63) is 30.1 Å². The van der Waals surface area contributed by atoms with Gasteiger partial charge in [-0.3, -0.25) is 9.78 Å². The van der Waals surface area contributed by atoms with Crippen LogP contribution in [0.15, 0.2) is 24.5 Å². The summed E-state index contributed by atoms with van der Waals surface area (Å²) >= 11 is 0. The van der Waals surface area contributed by atoms with Crippen molar-refractivity contribution in [1.82, 2.24) is 9.88 Å². The summed E-state index contributed by atoms with van der Waals surface area (Å²) in [5.41, 5.74) is 1.09. The molecular weight excluding hydrogens is 342 g/mol. The minimum absolute atomic E-state index is 0.0461. The van der Waals surface area contributed by atoms with Crippen LogP contribution in [0.3, 0.4) is 0 Å². The summed E-state index contributed by atoms with van der Waals surface area (Å²) in [6.45, 7) is 3.06. The van der Waals surface area contributed by atoms with Gasteiger partial charge in [0.15, 0.2) is 0 Å². The molecule has 26 heavy (non-hydrogen) atoms. The summed E-state index contributed by atoms with van der Waals surface area (Å²) in [6.07, 6.45) is 3.82. The maximum absolute atomic E-state index is 13.0. The number of pyridine rings is 1. The molecule has 5 nitrogen and oxygen atoms in total. The molecule has 3 fully saturated rings. The zero-order valence-corrected chi connectivity index (χ0v) is 14.7. The molecule has 7 heteroatoms. The molecule has 4 rings (SSSR count). The number of carbonyl (C=O) groups is 1. The molecule has 0 aromatic carbocycles. The monoisotopic (exact) mass is 366 g/mol. The minimum Gasteiger partial charge on any atom is -0.377 e. The second-order valence-electron chi connectivity index (χ2n) is 7.70. The van der Waals surface area contributed by atoms with Crippen LogP contribution in [0.25, 0.3) is 0 Å². The maximum atomic E-state index is 13.0. The number of ether oxygens (including phenoxy) is 2. The molecule has 3 aliphatic rings. The predicted octanol–water partition coefficient (Wildman–Crippen LogP) is 2.51. The molecule has 0 unspecified atom stereocenters. The Balaban J connectivity index is 1.21. The van der Waals surface area contributed by atoms with Gasteiger partial charge in [-0.05, 0) is 30.0 Å². The first kappa shape index (κ1) is 17.8. The molecule has 3 atom stereocenters. The van der Waals surface area contributed by atoms with E-state index in [0.29, 0.717) is 44.7 Å². The van der Waals surface area contributed by atoms with E-state index >= 15 is 0 Å². The highest BCUT2D eigenvalue weighted by Crippen LogP contribution is 2.44. The highest BCUT2D eigenvalue weighted by molar-refractivity contribution is 5.80. The van der Waals surface area contributed by atoms with Gasteiger partial charge in [-0.15, -0.1) is 0 Å². The number of nitrogens with zero attached hydrogens (tertiary/aromatic N) is 2. The van der Waals surface area contributed by atoms with Crippen LogP contribution in [-0.2, 0) is 20.9 Å². The Labute approximate surface area is 151 Å². The molecule has 2 saturated heterocycles. The second-order valence-corrected chi connectivity index (χ2v) is 7.70. The zero-order chi connectivity index (χ0) is 18.1. The third kappa shape index (κ3) is 3.74. The highest BCUT2D eigenvalue weighted by Gasteiger charge is 2.52. The first-order valence-corrected chi connectivity index (χ1v) is 9.27. The molecule has 1 aromatic heterocycles. The fourth-order valence-electron chi connectivity index (χ4n) is 4.27. The van der Waals surface area contributed by atoms with Gasteiger partial charge in [-0.2, -0.15) is 0 Å². The number of halogens is 2. The summed E-state index contributed by atoms with van der Waals surface area (Å²) in [4.78, 5) is 18.1. The number of fused-ring (bicyclic) bond motifs is 1. The van der Waals surface area contributed by atoms with Crippen molar-refractivity contribution in [2.24, 2.45) is 17.8 Å². The van der Waals surface area contributed by atoms with Crippen molar-refractivity contribution in [2.75, 3.05) is 26.3 Å². The van der Waals surface area contributed by atoms with Crippen LogP contribution >= 0.6 is 0 Å². The summed E-state index contributed by atoms with van der Waals surface area (Å²) < 4.78 is 37.6. The molecule has 1 saturated carbocycles. The molecule has 0 N–H and O–H groups in total. The standard InChI is InChI=1S/C19H24F2N2O3/c20-19(21)7-15(8-19)18(24)23-9-16-14(12-26-17(16)10-23)3-6-25-11-13-1-4-22-5-2-13/h1-2,4-5,14-17H,3,6-12H2/t14-,16-,17-/m0/s1. The van der Waals surface area contributed by atoms with E-state index < -0.39 is 11.8 Å². The number of hydrogen-bond donors (Lipinski definition) is 0. The van der Waals surface area contributed by atoms with E-state index in [9.17, 15) is 13.6 Å². The normalized spacial score (nSPS) is 30.2. The van der Waals surface area contributed by atoms with Crippen molar-refractivity contribution < 1.29 is 23.0 Å². The molecule has 0 radical (unpaired) electrons. The Morgan fingerprint density at radius 2 is 2.08 bits per heavy atom. The van der Waals surface area contributed by atoms with Crippen LogP contribution in [-0.4, -0.2) is 54.1 Å². The maximum Gasteiger partial charge on any atom is 0.249 e. The number of aromatic nitrogens is 1. The number of hydrogen-bond acceptors (Lipinski definition) is 4. The van der Waals surface area contributed by atoms with Crippen LogP contribution in [0.4, 0.5) is 8.78 Å². The van der Waals surface area contributed by atoms with Gasteiger partial charge in [0.2, 0.25) is 11.8 Å². The van der Waals surface area contributed by atoms with Gasteiger partial charge in [-0.25, -0.2) is 8.78 Å². The van der Waals surface area contributed by atoms with E-state index in [4.69, 9.17) is 9.47 Å². The van der Waals surface area contributed by atoms with Crippen LogP contribution in [0.2, 0.25) is 0 Å². The number of carbonyl (C=O) groups excluding carboxylic acids is 1. The SMILES string of the molecule is O=C(C1CC(F)(F)C1)N1C[C@H]2[C@@H](CCOCc3ccncc3)CO[C@H]2C1. The van der Waals surface area contributed by atoms with Gasteiger partial charge < -0.3 is 14.4 Å². The van der Waals surface area contributed by atoms with Gasteiger partial charge >= 0.3 is 0 Å². The number of alkyl halides is 2. The lowest BCUT2D eigenvalue weighted by atomic mass is 9.80. The van der Waals surface area contributed by atoms with Gasteiger partial charge in [0.25, 0.3) is 0 Å². The van der Waals surface area contributed by atoms with Crippen molar-refractivity contribution in [2.45, 2.75) is 37.9 Å². The van der Waals surface area contributed by atoms with E-state index in [-0.39, 0.29) is 24.9 Å². The average molecular weight is 366 g/mol. The fourth-order valence-corrected chi connectivity index (χ4v) is 4.27. The second kappa shape index (κ2) is 7.19. The van der Waals surface area contributed by atoms with E-state index in [1.165, 1.54) is 0 Å². The highest BCUT2D eigenvalue weighted by atomic mass is 19.3. The lowest BCUT2D eigenvalue weighted by Gasteiger charge is -2.36. The molecule has 2 aliphatic heterocycles. The van der Waals surface area contributed by atoms with E-state index in [2.05, 4.69) is 4.98 Å². The molecule has 0 bridgehead atoms. The Hall–Kier alpha value is -1.60. The molecule has 3 heterocycles. The Kier molecular flexibility index (Phi) is 4.92. The first-order valence-electron chi connectivity index (χ1n) is 9.27. The summed E-state index contributed by atoms with van der Waals surface area (Å²) in [5, 5.41) is 0. The van der Waals surface area contributed by atoms with Crippen LogP contribution < -0.4 is 0 Å². The molecule has 142 valence electrons. The van der Waals surface area contributed by atoms with E-state index in [1.807, 2.05) is 12.1 Å². The molecule has 0 spiro atoms. The summed E-state index contributed by atoms with van der Waals surface area (Å²) in [6, 6.07) is 3.86. The molecular formula is C19H24F2N2O3. The van der Waals surface area contributed by atoms with Crippen molar-refractivity contribution in [1.29, 1.82) is 0 Å². The quantitative estimate of drug-likeness (QED) is 0.726. The Bertz CT molecular complexity index is 635. The topological polar surface area (TPSA) is 51.7 Å². The third-order valence-corrected chi connectivity index (χ3v) is 5.84. The first-order chi connectivity index (χ1) is 12.5. The number of amides is 1. The van der Waals surface area contributed by atoms with E-state index in [1.54, 1.807) is 17.3 Å². The number of rotatable bonds is 6. The molecule has 1 amide bonds.